The minimum atomic E-state index is 0. The maximum Gasteiger partial charge on any atom is 1.00 e. The van der Waals surface area contributed by atoms with Crippen LogP contribution in [-0.2, 0) is 26.2 Å². The Morgan fingerprint density at radius 3 is 2.31 bits per heavy atom. The summed E-state index contributed by atoms with van der Waals surface area (Å²) < 4.78 is 0. The van der Waals surface area contributed by atoms with Crippen LogP contribution < -0.4 is 11.5 Å². The third-order valence-corrected chi connectivity index (χ3v) is 2.02. The van der Waals surface area contributed by atoms with Crippen LogP contribution in [0.25, 0.3) is 0 Å². The largest absolute Gasteiger partial charge is 1.00 e. The van der Waals surface area contributed by atoms with Crippen molar-refractivity contribution in [3.63, 3.8) is 0 Å². The van der Waals surface area contributed by atoms with Gasteiger partial charge in [-0.2, -0.15) is 0 Å². The van der Waals surface area contributed by atoms with Gasteiger partial charge in [0.15, 0.2) is 0 Å². The van der Waals surface area contributed by atoms with E-state index in [1.165, 1.54) is 0 Å². The van der Waals surface area contributed by atoms with E-state index in [0.29, 0.717) is 5.69 Å². The van der Waals surface area contributed by atoms with E-state index in [9.17, 15) is 5.11 Å². The van der Waals surface area contributed by atoms with Gasteiger partial charge in [-0.3, -0.25) is 0 Å². The second-order valence-corrected chi connectivity index (χ2v) is 2.76. The number of hydrogen-bond acceptors (Lipinski definition) is 3. The molecule has 0 amide bonds. The molecule has 13 heavy (non-hydrogen) atoms. The van der Waals surface area contributed by atoms with Gasteiger partial charge in [0.2, 0.25) is 0 Å². The minimum absolute atomic E-state index is 0. The van der Waals surface area contributed by atoms with E-state index < -0.39 is 0 Å². The Kier molecular flexibility index (Phi) is 4.22. The van der Waals surface area contributed by atoms with E-state index in [4.69, 9.17) is 11.5 Å². The van der Waals surface area contributed by atoms with Gasteiger partial charge in [-0.1, -0.05) is 19.5 Å². The van der Waals surface area contributed by atoms with Gasteiger partial charge in [0, 0.05) is 5.75 Å². The Labute approximate surface area is 91.2 Å². The van der Waals surface area contributed by atoms with Crippen LogP contribution in [0.3, 0.4) is 0 Å². The summed E-state index contributed by atoms with van der Waals surface area (Å²) in [5.74, 6) is 0.115. The third-order valence-electron chi connectivity index (χ3n) is 2.02. The molecule has 0 aliphatic carbocycles. The van der Waals surface area contributed by atoms with Crippen LogP contribution in [-0.4, -0.2) is 5.11 Å². The SMILES string of the molecule is CCc1c(C)c(N)[c-]c(N)c1O.[Os+]. The minimum Gasteiger partial charge on any atom is -0.563 e. The fraction of sp³-hybridized carbons (Fsp3) is 0.333. The van der Waals surface area contributed by atoms with Gasteiger partial charge in [-0.05, 0) is 12.1 Å². The standard InChI is InChI=1S/C9H13N2O.Os/c1-3-6-5(2)7(10)4-8(11)9(6)12;/h12H,3,10-11H2,1-2H3;/q-1;+1. The monoisotopic (exact) mass is 357 g/mol. The van der Waals surface area contributed by atoms with Gasteiger partial charge < -0.3 is 16.6 Å². The molecule has 0 aliphatic heterocycles. The van der Waals surface area contributed by atoms with Crippen molar-refractivity contribution in [3.8, 4) is 5.75 Å². The van der Waals surface area contributed by atoms with E-state index in [-0.39, 0.29) is 31.2 Å². The van der Waals surface area contributed by atoms with Crippen molar-refractivity contribution in [3.05, 3.63) is 17.2 Å². The van der Waals surface area contributed by atoms with Crippen molar-refractivity contribution < 1.29 is 24.9 Å². The zero-order chi connectivity index (χ0) is 9.30. The third kappa shape index (κ3) is 2.13. The summed E-state index contributed by atoms with van der Waals surface area (Å²) in [6.45, 7) is 3.80. The summed E-state index contributed by atoms with van der Waals surface area (Å²) in [6, 6.07) is 2.69. The summed E-state index contributed by atoms with van der Waals surface area (Å²) >= 11 is 0. The maximum absolute atomic E-state index is 9.49. The zero-order valence-electron chi connectivity index (χ0n) is 7.66. The molecule has 1 radical (unpaired) electrons. The molecule has 4 heteroatoms. The molecule has 1 rings (SSSR count). The van der Waals surface area contributed by atoms with Gasteiger partial charge in [0.1, 0.15) is 0 Å². The quantitative estimate of drug-likeness (QED) is 0.307. The molecule has 0 aromatic heterocycles. The predicted octanol–water partition coefficient (Wildman–Crippen LogP) is 1.23. The van der Waals surface area contributed by atoms with Gasteiger partial charge in [0.25, 0.3) is 0 Å². The number of hydrogen-bond donors (Lipinski definition) is 3. The first-order chi connectivity index (χ1) is 5.57. The van der Waals surface area contributed by atoms with Crippen LogP contribution in [0.1, 0.15) is 18.1 Å². The normalized spacial score (nSPS) is 9.38. The van der Waals surface area contributed by atoms with Crippen LogP contribution in [0.4, 0.5) is 11.4 Å². The zero-order valence-corrected chi connectivity index (χ0v) is 10.2. The van der Waals surface area contributed by atoms with Crippen molar-refractivity contribution in [1.29, 1.82) is 0 Å². The summed E-state index contributed by atoms with van der Waals surface area (Å²) in [7, 11) is 0. The molecule has 0 saturated heterocycles. The molecule has 0 bridgehead atoms. The predicted molar refractivity (Wildman–Crippen MR) is 49.9 cm³/mol. The second-order valence-electron chi connectivity index (χ2n) is 2.76. The van der Waals surface area contributed by atoms with Gasteiger partial charge >= 0.3 is 19.8 Å². The first-order valence-electron chi connectivity index (χ1n) is 3.86. The van der Waals surface area contributed by atoms with Gasteiger partial charge in [-0.15, -0.1) is 17.2 Å². The molecule has 0 saturated carbocycles. The fourth-order valence-corrected chi connectivity index (χ4v) is 1.23. The molecule has 0 atom stereocenters. The van der Waals surface area contributed by atoms with Crippen LogP contribution in [0.2, 0.25) is 0 Å². The number of phenols is 1. The Hall–Kier alpha value is -0.744. The van der Waals surface area contributed by atoms with Crippen molar-refractivity contribution in [1.82, 2.24) is 0 Å². The average molecular weight is 355 g/mol. The molecule has 3 nitrogen and oxygen atoms in total. The molecule has 73 valence electrons. The topological polar surface area (TPSA) is 72.3 Å². The second kappa shape index (κ2) is 4.48. The fourth-order valence-electron chi connectivity index (χ4n) is 1.23. The van der Waals surface area contributed by atoms with E-state index in [1.807, 2.05) is 13.8 Å². The molecule has 0 fully saturated rings. The number of nitrogen functional groups attached to an aromatic ring is 2. The molecular formula is C9H13N2OOs. The van der Waals surface area contributed by atoms with E-state index in [1.54, 1.807) is 0 Å². The Morgan fingerprint density at radius 1 is 1.31 bits per heavy atom. The van der Waals surface area contributed by atoms with Crippen molar-refractivity contribution in [2.45, 2.75) is 20.3 Å². The van der Waals surface area contributed by atoms with Crippen molar-refractivity contribution in [2.24, 2.45) is 0 Å². The van der Waals surface area contributed by atoms with Crippen LogP contribution in [0.15, 0.2) is 0 Å². The number of phenolic OH excluding ortho intramolecular Hbond substituents is 1. The number of benzene rings is 1. The number of aromatic hydroxyl groups is 1. The van der Waals surface area contributed by atoms with Gasteiger partial charge in [0.05, 0.1) is 0 Å². The summed E-state index contributed by atoms with van der Waals surface area (Å²) in [4.78, 5) is 0. The Bertz CT molecular complexity index is 287. The summed E-state index contributed by atoms with van der Waals surface area (Å²) in [5.41, 5.74) is 13.5. The van der Waals surface area contributed by atoms with E-state index >= 15 is 0 Å². The average Bonchev–Trinajstić information content (AvgIpc) is 2.02. The number of anilines is 2. The molecule has 0 heterocycles. The smallest absolute Gasteiger partial charge is 0.563 e. The molecule has 1 aromatic rings. The van der Waals surface area contributed by atoms with Crippen molar-refractivity contribution >= 4 is 11.4 Å². The summed E-state index contributed by atoms with van der Waals surface area (Å²) in [6.07, 6.45) is 0.723. The van der Waals surface area contributed by atoms with Gasteiger partial charge in [-0.25, -0.2) is 0 Å². The Balaban J connectivity index is 0.00000144. The molecule has 0 unspecified atom stereocenters. The van der Waals surface area contributed by atoms with E-state index in [0.717, 1.165) is 17.5 Å². The van der Waals surface area contributed by atoms with Crippen LogP contribution >= 0.6 is 0 Å². The molecule has 0 aliphatic rings. The molecular weight excluding hydrogens is 342 g/mol. The summed E-state index contributed by atoms with van der Waals surface area (Å²) in [5, 5.41) is 9.49. The van der Waals surface area contributed by atoms with Crippen LogP contribution in [0, 0.1) is 13.0 Å². The number of nitrogens with two attached hydrogens (primary N) is 2. The van der Waals surface area contributed by atoms with Crippen LogP contribution in [0.5, 0.6) is 5.75 Å². The maximum atomic E-state index is 9.49. The Morgan fingerprint density at radius 2 is 1.85 bits per heavy atom. The first-order valence-corrected chi connectivity index (χ1v) is 3.86. The van der Waals surface area contributed by atoms with Crippen molar-refractivity contribution in [2.75, 3.05) is 11.5 Å². The number of rotatable bonds is 1. The first kappa shape index (κ1) is 12.3. The molecule has 1 aromatic carbocycles. The molecule has 5 N–H and O–H groups in total. The molecule has 0 spiro atoms. The van der Waals surface area contributed by atoms with E-state index in [2.05, 4.69) is 6.07 Å².